The molecule has 1 saturated heterocycles. The third-order valence-corrected chi connectivity index (χ3v) is 6.23. The van der Waals surface area contributed by atoms with Crippen LogP contribution < -0.4 is 5.73 Å². The van der Waals surface area contributed by atoms with E-state index in [1.807, 2.05) is 6.20 Å². The number of piperidine rings is 1. The number of hydrogen-bond donors (Lipinski definition) is 1. The van der Waals surface area contributed by atoms with E-state index >= 15 is 0 Å². The number of nitrogens with zero attached hydrogens (tertiary/aromatic N) is 4. The summed E-state index contributed by atoms with van der Waals surface area (Å²) in [5.74, 6) is 1.15. The number of benzene rings is 1. The van der Waals surface area contributed by atoms with Gasteiger partial charge in [0.2, 0.25) is 0 Å². The van der Waals surface area contributed by atoms with Crippen LogP contribution in [0, 0.1) is 0 Å². The van der Waals surface area contributed by atoms with Gasteiger partial charge in [0.15, 0.2) is 5.13 Å². The zero-order valence-corrected chi connectivity index (χ0v) is 16.0. The average molecular weight is 368 g/mol. The van der Waals surface area contributed by atoms with Gasteiger partial charge in [-0.05, 0) is 38.4 Å². The Morgan fingerprint density at radius 3 is 2.62 bits per heavy atom. The summed E-state index contributed by atoms with van der Waals surface area (Å²) in [4.78, 5) is 11.7. The number of aryl methyl sites for hydroxylation is 1. The summed E-state index contributed by atoms with van der Waals surface area (Å²) in [7, 11) is 0. The number of anilines is 1. The van der Waals surface area contributed by atoms with Gasteiger partial charge in [-0.2, -0.15) is 0 Å². The Bertz CT molecular complexity index is 846. The van der Waals surface area contributed by atoms with Crippen LogP contribution in [0.1, 0.15) is 36.8 Å². The van der Waals surface area contributed by atoms with Crippen LogP contribution in [-0.4, -0.2) is 32.5 Å². The minimum absolute atomic E-state index is 0.0357. The molecule has 2 aromatic heterocycles. The van der Waals surface area contributed by atoms with E-state index in [-0.39, 0.29) is 5.41 Å². The van der Waals surface area contributed by atoms with Crippen molar-refractivity contribution >= 4 is 16.5 Å². The van der Waals surface area contributed by atoms with Crippen LogP contribution in [0.15, 0.2) is 48.1 Å². The lowest BCUT2D eigenvalue weighted by Crippen LogP contribution is -2.43. The SMILES string of the molecule is CCn1ccnc1CN1CCC(c2ccccc2)(c2csc(N)n2)CC1. The molecule has 0 aliphatic carbocycles. The first-order valence-electron chi connectivity index (χ1n) is 9.20. The molecule has 1 aliphatic heterocycles. The van der Waals surface area contributed by atoms with E-state index in [9.17, 15) is 0 Å². The molecule has 5 nitrogen and oxygen atoms in total. The minimum Gasteiger partial charge on any atom is -0.375 e. The highest BCUT2D eigenvalue weighted by Gasteiger charge is 2.39. The van der Waals surface area contributed by atoms with Crippen molar-refractivity contribution in [2.24, 2.45) is 0 Å². The molecule has 1 aromatic carbocycles. The number of nitrogens with two attached hydrogens (primary N) is 1. The molecule has 26 heavy (non-hydrogen) atoms. The summed E-state index contributed by atoms with van der Waals surface area (Å²) in [6, 6.07) is 10.8. The van der Waals surface area contributed by atoms with Gasteiger partial charge in [0.25, 0.3) is 0 Å². The second-order valence-electron chi connectivity index (χ2n) is 6.92. The summed E-state index contributed by atoms with van der Waals surface area (Å²) in [6.07, 6.45) is 6.06. The lowest BCUT2D eigenvalue weighted by atomic mass is 9.70. The predicted molar refractivity (Wildman–Crippen MR) is 106 cm³/mol. The number of likely N-dealkylation sites (tertiary alicyclic amines) is 1. The maximum atomic E-state index is 5.96. The Morgan fingerprint density at radius 1 is 1.19 bits per heavy atom. The molecular formula is C20H25N5S. The highest BCUT2D eigenvalue weighted by atomic mass is 32.1. The highest BCUT2D eigenvalue weighted by Crippen LogP contribution is 2.42. The van der Waals surface area contributed by atoms with Gasteiger partial charge in [0.1, 0.15) is 5.82 Å². The number of imidazole rings is 1. The van der Waals surface area contributed by atoms with Gasteiger partial charge in [-0.25, -0.2) is 9.97 Å². The fourth-order valence-electron chi connectivity index (χ4n) is 4.03. The monoisotopic (exact) mass is 367 g/mol. The van der Waals surface area contributed by atoms with Crippen molar-refractivity contribution in [3.05, 3.63) is 65.2 Å². The third-order valence-electron chi connectivity index (χ3n) is 5.56. The zero-order valence-electron chi connectivity index (χ0n) is 15.1. The maximum Gasteiger partial charge on any atom is 0.180 e. The van der Waals surface area contributed by atoms with Gasteiger partial charge in [0, 0.05) is 29.7 Å². The Balaban J connectivity index is 1.57. The molecule has 3 aromatic rings. The van der Waals surface area contributed by atoms with Gasteiger partial charge < -0.3 is 10.3 Å². The van der Waals surface area contributed by atoms with Crippen molar-refractivity contribution in [3.8, 4) is 0 Å². The van der Waals surface area contributed by atoms with E-state index in [0.717, 1.165) is 50.5 Å². The van der Waals surface area contributed by atoms with Gasteiger partial charge in [-0.15, -0.1) is 11.3 Å². The highest BCUT2D eigenvalue weighted by molar-refractivity contribution is 7.13. The van der Waals surface area contributed by atoms with Crippen molar-refractivity contribution in [2.75, 3.05) is 18.8 Å². The largest absolute Gasteiger partial charge is 0.375 e. The summed E-state index contributed by atoms with van der Waals surface area (Å²) < 4.78 is 2.22. The van der Waals surface area contributed by atoms with E-state index in [2.05, 4.69) is 68.3 Å². The first kappa shape index (κ1) is 17.2. The second kappa shape index (κ2) is 7.21. The molecule has 0 amide bonds. The van der Waals surface area contributed by atoms with Crippen LogP contribution >= 0.6 is 11.3 Å². The lowest BCUT2D eigenvalue weighted by molar-refractivity contribution is 0.165. The maximum absolute atomic E-state index is 5.96. The van der Waals surface area contributed by atoms with Crippen LogP contribution in [0.2, 0.25) is 0 Å². The molecule has 3 heterocycles. The van der Waals surface area contributed by atoms with E-state index < -0.39 is 0 Å². The third kappa shape index (κ3) is 3.15. The average Bonchev–Trinajstić information content (AvgIpc) is 3.32. The van der Waals surface area contributed by atoms with E-state index in [0.29, 0.717) is 5.13 Å². The first-order valence-corrected chi connectivity index (χ1v) is 10.1. The summed E-state index contributed by atoms with van der Waals surface area (Å²) in [5, 5.41) is 2.80. The van der Waals surface area contributed by atoms with Crippen molar-refractivity contribution in [1.82, 2.24) is 19.4 Å². The molecule has 136 valence electrons. The molecule has 0 bridgehead atoms. The lowest BCUT2D eigenvalue weighted by Gasteiger charge is -2.41. The molecular weight excluding hydrogens is 342 g/mol. The Hall–Kier alpha value is -2.18. The van der Waals surface area contributed by atoms with Crippen molar-refractivity contribution in [3.63, 3.8) is 0 Å². The van der Waals surface area contributed by atoms with Crippen LogP contribution in [0.3, 0.4) is 0 Å². The summed E-state index contributed by atoms with van der Waals surface area (Å²) in [5.41, 5.74) is 8.40. The van der Waals surface area contributed by atoms with Gasteiger partial charge >= 0.3 is 0 Å². The number of hydrogen-bond acceptors (Lipinski definition) is 5. The Labute approximate surface area is 158 Å². The fourth-order valence-corrected chi connectivity index (χ4v) is 4.69. The van der Waals surface area contributed by atoms with Crippen molar-refractivity contribution in [1.29, 1.82) is 0 Å². The van der Waals surface area contributed by atoms with Crippen LogP contribution in [0.25, 0.3) is 0 Å². The molecule has 4 rings (SSSR count). The van der Waals surface area contributed by atoms with Crippen LogP contribution in [0.4, 0.5) is 5.13 Å². The van der Waals surface area contributed by atoms with E-state index in [4.69, 9.17) is 5.73 Å². The molecule has 0 atom stereocenters. The number of nitrogen functional groups attached to an aromatic ring is 1. The molecule has 0 radical (unpaired) electrons. The second-order valence-corrected chi connectivity index (χ2v) is 7.81. The topological polar surface area (TPSA) is 60.0 Å². The molecule has 0 unspecified atom stereocenters. The quantitative estimate of drug-likeness (QED) is 0.749. The van der Waals surface area contributed by atoms with E-state index in [1.54, 1.807) is 11.3 Å². The normalized spacial score (nSPS) is 17.4. The number of thiazole rings is 1. The Kier molecular flexibility index (Phi) is 4.78. The fraction of sp³-hybridized carbons (Fsp3) is 0.400. The van der Waals surface area contributed by atoms with Gasteiger partial charge in [-0.1, -0.05) is 30.3 Å². The van der Waals surface area contributed by atoms with E-state index in [1.165, 1.54) is 5.56 Å². The van der Waals surface area contributed by atoms with Gasteiger partial charge in [-0.3, -0.25) is 4.90 Å². The van der Waals surface area contributed by atoms with Crippen LogP contribution in [-0.2, 0) is 18.5 Å². The van der Waals surface area contributed by atoms with Crippen molar-refractivity contribution < 1.29 is 0 Å². The summed E-state index contributed by atoms with van der Waals surface area (Å²) >= 11 is 1.54. The van der Waals surface area contributed by atoms with Gasteiger partial charge in [0.05, 0.1) is 12.2 Å². The standard InChI is InChI=1S/C20H25N5S/c1-2-25-13-10-22-18(25)14-24-11-8-20(9-12-24,16-6-4-3-5-7-16)17-15-26-19(21)23-17/h3-7,10,13,15H,2,8-9,11-12,14H2,1H3,(H2,21,23). The molecule has 0 saturated carbocycles. The summed E-state index contributed by atoms with van der Waals surface area (Å²) in [6.45, 7) is 6.10. The first-order chi connectivity index (χ1) is 12.7. The smallest absolute Gasteiger partial charge is 0.180 e. The molecule has 0 spiro atoms. The number of rotatable bonds is 5. The van der Waals surface area contributed by atoms with Crippen molar-refractivity contribution in [2.45, 2.75) is 38.3 Å². The molecule has 2 N–H and O–H groups in total. The molecule has 6 heteroatoms. The Morgan fingerprint density at radius 2 is 1.96 bits per heavy atom. The zero-order chi connectivity index (χ0) is 18.0. The molecule has 1 fully saturated rings. The number of aromatic nitrogens is 3. The minimum atomic E-state index is -0.0357. The molecule has 1 aliphatic rings. The predicted octanol–water partition coefficient (Wildman–Crippen LogP) is 3.52. The van der Waals surface area contributed by atoms with Crippen LogP contribution in [0.5, 0.6) is 0 Å².